The summed E-state index contributed by atoms with van der Waals surface area (Å²) in [6, 6.07) is 4.79. The summed E-state index contributed by atoms with van der Waals surface area (Å²) in [6.07, 6.45) is -0.283. The van der Waals surface area contributed by atoms with Crippen molar-refractivity contribution in [1.29, 1.82) is 0 Å². The van der Waals surface area contributed by atoms with E-state index in [2.05, 4.69) is 0 Å². The molecule has 5 nitrogen and oxygen atoms in total. The van der Waals surface area contributed by atoms with Crippen LogP contribution >= 0.6 is 0 Å². The Hall–Kier alpha value is -1.02. The molecule has 1 aliphatic rings. The molecule has 1 atom stereocenters. The number of rotatable bonds is 3. The van der Waals surface area contributed by atoms with Gasteiger partial charge in [-0.1, -0.05) is 0 Å². The van der Waals surface area contributed by atoms with Crippen molar-refractivity contribution < 1.29 is 17.5 Å². The third-order valence-corrected chi connectivity index (χ3v) is 4.70. The third kappa shape index (κ3) is 2.69. The topological polar surface area (TPSA) is 72.6 Å². The Morgan fingerprint density at radius 1 is 1.39 bits per heavy atom. The van der Waals surface area contributed by atoms with Crippen LogP contribution in [0.25, 0.3) is 0 Å². The van der Waals surface area contributed by atoms with Crippen molar-refractivity contribution in [1.82, 2.24) is 4.31 Å². The number of nitrogens with zero attached hydrogens (tertiary/aromatic N) is 1. The van der Waals surface area contributed by atoms with E-state index in [1.54, 1.807) is 0 Å². The lowest BCUT2D eigenvalue weighted by Crippen LogP contribution is -2.48. The van der Waals surface area contributed by atoms with Gasteiger partial charge in [-0.2, -0.15) is 4.31 Å². The molecule has 100 valence electrons. The molecule has 2 rings (SSSR count). The van der Waals surface area contributed by atoms with Gasteiger partial charge in [-0.15, -0.1) is 0 Å². The summed E-state index contributed by atoms with van der Waals surface area (Å²) in [5, 5.41) is 0. The largest absolute Gasteiger partial charge is 0.374 e. The number of ether oxygens (including phenoxy) is 1. The lowest BCUT2D eigenvalue weighted by atomic mass is 10.3. The SMILES string of the molecule is NCC1CN(S(=O)(=O)c2ccc(F)cc2)CCO1. The van der Waals surface area contributed by atoms with E-state index < -0.39 is 15.8 Å². The van der Waals surface area contributed by atoms with Gasteiger partial charge < -0.3 is 10.5 Å². The Kier molecular flexibility index (Phi) is 3.96. The molecule has 18 heavy (non-hydrogen) atoms. The zero-order valence-electron chi connectivity index (χ0n) is 9.75. The maximum Gasteiger partial charge on any atom is 0.243 e. The minimum atomic E-state index is -3.59. The summed E-state index contributed by atoms with van der Waals surface area (Å²) >= 11 is 0. The molecule has 0 aliphatic carbocycles. The summed E-state index contributed by atoms with van der Waals surface area (Å²) < 4.78 is 44.0. The lowest BCUT2D eigenvalue weighted by Gasteiger charge is -2.31. The van der Waals surface area contributed by atoms with Crippen molar-refractivity contribution in [3.05, 3.63) is 30.1 Å². The molecule has 1 unspecified atom stereocenters. The molecule has 1 saturated heterocycles. The van der Waals surface area contributed by atoms with Gasteiger partial charge >= 0.3 is 0 Å². The fraction of sp³-hybridized carbons (Fsp3) is 0.455. The molecule has 0 aromatic heterocycles. The first-order chi connectivity index (χ1) is 8.54. The van der Waals surface area contributed by atoms with Crippen molar-refractivity contribution >= 4 is 10.0 Å². The zero-order valence-corrected chi connectivity index (χ0v) is 10.6. The molecular weight excluding hydrogens is 259 g/mol. The Labute approximate surface area is 105 Å². The van der Waals surface area contributed by atoms with Crippen LogP contribution in [0.5, 0.6) is 0 Å². The molecule has 0 spiro atoms. The monoisotopic (exact) mass is 274 g/mol. The van der Waals surface area contributed by atoms with Gasteiger partial charge in [0.15, 0.2) is 0 Å². The van der Waals surface area contributed by atoms with Crippen LogP contribution in [0, 0.1) is 5.82 Å². The molecule has 7 heteroatoms. The van der Waals surface area contributed by atoms with Crippen LogP contribution in [0.1, 0.15) is 0 Å². The Morgan fingerprint density at radius 2 is 2.06 bits per heavy atom. The molecule has 1 fully saturated rings. The van der Waals surface area contributed by atoms with Crippen molar-refractivity contribution in [2.24, 2.45) is 5.73 Å². The van der Waals surface area contributed by atoms with Crippen molar-refractivity contribution in [3.63, 3.8) is 0 Å². The van der Waals surface area contributed by atoms with Crippen LogP contribution in [0.4, 0.5) is 4.39 Å². The molecule has 1 aliphatic heterocycles. The minimum Gasteiger partial charge on any atom is -0.374 e. The number of hydrogen-bond acceptors (Lipinski definition) is 4. The van der Waals surface area contributed by atoms with E-state index in [1.165, 1.54) is 16.4 Å². The van der Waals surface area contributed by atoms with Gasteiger partial charge in [-0.3, -0.25) is 0 Å². The second kappa shape index (κ2) is 5.31. The quantitative estimate of drug-likeness (QED) is 0.853. The van der Waals surface area contributed by atoms with Gasteiger partial charge in [0, 0.05) is 19.6 Å². The van der Waals surface area contributed by atoms with Crippen molar-refractivity contribution in [2.45, 2.75) is 11.0 Å². The van der Waals surface area contributed by atoms with Gasteiger partial charge in [-0.05, 0) is 24.3 Å². The maximum absolute atomic E-state index is 12.8. The summed E-state index contributed by atoms with van der Waals surface area (Å²) in [7, 11) is -3.59. The van der Waals surface area contributed by atoms with Gasteiger partial charge in [-0.25, -0.2) is 12.8 Å². The predicted molar refractivity (Wildman–Crippen MR) is 64.0 cm³/mol. The number of morpholine rings is 1. The predicted octanol–water partition coefficient (Wildman–Crippen LogP) is 0.174. The van der Waals surface area contributed by atoms with Gasteiger partial charge in [0.1, 0.15) is 5.82 Å². The van der Waals surface area contributed by atoms with Gasteiger partial charge in [0.2, 0.25) is 10.0 Å². The fourth-order valence-corrected chi connectivity index (χ4v) is 3.26. The average molecular weight is 274 g/mol. The molecular formula is C11H15FN2O3S. The highest BCUT2D eigenvalue weighted by atomic mass is 32.2. The van der Waals surface area contributed by atoms with E-state index in [9.17, 15) is 12.8 Å². The maximum atomic E-state index is 12.8. The molecule has 1 heterocycles. The van der Waals surface area contributed by atoms with E-state index in [0.29, 0.717) is 6.61 Å². The number of hydrogen-bond donors (Lipinski definition) is 1. The highest BCUT2D eigenvalue weighted by Gasteiger charge is 2.30. The van der Waals surface area contributed by atoms with Crippen LogP contribution < -0.4 is 5.73 Å². The fourth-order valence-electron chi connectivity index (χ4n) is 1.81. The average Bonchev–Trinajstić information content (AvgIpc) is 2.39. The first-order valence-corrected chi connectivity index (χ1v) is 7.05. The number of benzene rings is 1. The Bertz CT molecular complexity index is 504. The van der Waals surface area contributed by atoms with Crippen LogP contribution in [0.3, 0.4) is 0 Å². The number of sulfonamides is 1. The van der Waals surface area contributed by atoms with Crippen molar-refractivity contribution in [2.75, 3.05) is 26.2 Å². The molecule has 0 amide bonds. The highest BCUT2D eigenvalue weighted by Crippen LogP contribution is 2.18. The summed E-state index contributed by atoms with van der Waals surface area (Å²) in [5.74, 6) is -0.462. The first kappa shape index (κ1) is 13.4. The van der Waals surface area contributed by atoms with E-state index >= 15 is 0 Å². The van der Waals surface area contributed by atoms with E-state index in [-0.39, 0.29) is 30.6 Å². The minimum absolute atomic E-state index is 0.0848. The molecule has 0 saturated carbocycles. The third-order valence-electron chi connectivity index (χ3n) is 2.82. The van der Waals surface area contributed by atoms with Crippen LogP contribution in [0.15, 0.2) is 29.2 Å². The molecule has 2 N–H and O–H groups in total. The van der Waals surface area contributed by atoms with Gasteiger partial charge in [0.05, 0.1) is 17.6 Å². The zero-order chi connectivity index (χ0) is 13.2. The Morgan fingerprint density at radius 3 is 2.67 bits per heavy atom. The van der Waals surface area contributed by atoms with Gasteiger partial charge in [0.25, 0.3) is 0 Å². The van der Waals surface area contributed by atoms with Crippen LogP contribution in [0.2, 0.25) is 0 Å². The van der Waals surface area contributed by atoms with E-state index in [4.69, 9.17) is 10.5 Å². The van der Waals surface area contributed by atoms with E-state index in [1.807, 2.05) is 0 Å². The van der Waals surface area contributed by atoms with Crippen LogP contribution in [-0.4, -0.2) is 45.1 Å². The molecule has 0 radical (unpaired) electrons. The number of nitrogens with two attached hydrogens (primary N) is 1. The summed E-state index contributed by atoms with van der Waals surface area (Å²) in [5.41, 5.74) is 5.47. The van der Waals surface area contributed by atoms with Crippen LogP contribution in [-0.2, 0) is 14.8 Å². The summed E-state index contributed by atoms with van der Waals surface area (Å²) in [6.45, 7) is 1.12. The second-order valence-corrected chi connectivity index (χ2v) is 5.98. The lowest BCUT2D eigenvalue weighted by molar-refractivity contribution is 0.00450. The Balaban J connectivity index is 2.22. The molecule has 0 bridgehead atoms. The highest BCUT2D eigenvalue weighted by molar-refractivity contribution is 7.89. The first-order valence-electron chi connectivity index (χ1n) is 5.61. The van der Waals surface area contributed by atoms with Crippen molar-refractivity contribution in [3.8, 4) is 0 Å². The standard InChI is InChI=1S/C11H15FN2O3S/c12-9-1-3-11(4-2-9)18(15,16)14-5-6-17-10(7-13)8-14/h1-4,10H,5-8,13H2. The second-order valence-electron chi connectivity index (χ2n) is 4.05. The smallest absolute Gasteiger partial charge is 0.243 e. The number of halogens is 1. The van der Waals surface area contributed by atoms with E-state index in [0.717, 1.165) is 12.1 Å². The molecule has 1 aromatic carbocycles. The molecule has 1 aromatic rings. The normalized spacial score (nSPS) is 22.0. The summed E-state index contributed by atoms with van der Waals surface area (Å²) in [4.78, 5) is 0.0848.